The number of carbonyl (C=O) groups is 1. The van der Waals surface area contributed by atoms with Gasteiger partial charge in [0.25, 0.3) is 0 Å². The average Bonchev–Trinajstić information content (AvgIpc) is 2.25. The molecule has 3 nitrogen and oxygen atoms in total. The lowest BCUT2D eigenvalue weighted by molar-refractivity contribution is 0.205. The summed E-state index contributed by atoms with van der Waals surface area (Å²) in [6.45, 7) is 13.0. The molecular formula is C14H24BrNO2Si2. The van der Waals surface area contributed by atoms with E-state index in [4.69, 9.17) is 0 Å². The van der Waals surface area contributed by atoms with Crippen LogP contribution in [-0.2, 0) is 5.33 Å². The van der Waals surface area contributed by atoms with Crippen molar-refractivity contribution in [2.24, 2.45) is 0 Å². The van der Waals surface area contributed by atoms with E-state index < -0.39 is 22.4 Å². The summed E-state index contributed by atoms with van der Waals surface area (Å²) < 4.78 is 1.58. The molecule has 1 N–H and O–H groups in total. The number of carboxylic acid groups (broad SMARTS) is 1. The fourth-order valence-corrected chi connectivity index (χ4v) is 6.25. The molecule has 0 bridgehead atoms. The van der Waals surface area contributed by atoms with Crippen molar-refractivity contribution >= 4 is 49.2 Å². The van der Waals surface area contributed by atoms with Crippen LogP contribution in [0.1, 0.15) is 5.56 Å². The number of hydrogen-bond donors (Lipinski definition) is 1. The molecule has 0 aliphatic heterocycles. The Morgan fingerprint density at radius 2 is 1.75 bits per heavy atom. The number of rotatable bonds is 4. The number of benzene rings is 1. The molecule has 0 saturated heterocycles. The van der Waals surface area contributed by atoms with E-state index in [-0.39, 0.29) is 0 Å². The van der Waals surface area contributed by atoms with Gasteiger partial charge in [0, 0.05) is 11.0 Å². The quantitative estimate of drug-likeness (QED) is 0.625. The Labute approximate surface area is 132 Å². The fourth-order valence-electron chi connectivity index (χ4n) is 2.30. The summed E-state index contributed by atoms with van der Waals surface area (Å²) >= 11 is 3.53. The summed E-state index contributed by atoms with van der Waals surface area (Å²) in [6, 6.07) is 6.09. The van der Waals surface area contributed by atoms with Gasteiger partial charge in [-0.3, -0.25) is 0 Å². The SMILES string of the molecule is C[Si](C)(C)c1cc(N(C(=O)O)[Si](C)(C)C)ccc1CBr. The lowest BCUT2D eigenvalue weighted by atomic mass is 10.2. The zero-order valence-corrected chi connectivity index (χ0v) is 16.7. The molecule has 0 aliphatic rings. The second kappa shape index (κ2) is 6.03. The highest BCUT2D eigenvalue weighted by atomic mass is 79.9. The highest BCUT2D eigenvalue weighted by Gasteiger charge is 2.31. The molecule has 6 heteroatoms. The molecule has 0 fully saturated rings. The van der Waals surface area contributed by atoms with Gasteiger partial charge in [-0.2, -0.15) is 0 Å². The third-order valence-corrected chi connectivity index (χ3v) is 7.64. The van der Waals surface area contributed by atoms with Gasteiger partial charge in [-0.15, -0.1) is 0 Å². The Balaban J connectivity index is 3.44. The predicted molar refractivity (Wildman–Crippen MR) is 95.9 cm³/mol. The van der Waals surface area contributed by atoms with Gasteiger partial charge in [0.1, 0.15) is 0 Å². The van der Waals surface area contributed by atoms with Crippen molar-refractivity contribution in [1.29, 1.82) is 0 Å². The van der Waals surface area contributed by atoms with Crippen molar-refractivity contribution in [3.05, 3.63) is 23.8 Å². The van der Waals surface area contributed by atoms with E-state index in [2.05, 4.69) is 47.7 Å². The van der Waals surface area contributed by atoms with Gasteiger partial charge in [-0.05, 0) is 17.7 Å². The molecule has 0 spiro atoms. The van der Waals surface area contributed by atoms with Crippen LogP contribution in [0.5, 0.6) is 0 Å². The fraction of sp³-hybridized carbons (Fsp3) is 0.500. The van der Waals surface area contributed by atoms with Gasteiger partial charge in [-0.25, -0.2) is 4.79 Å². The number of hydrogen-bond acceptors (Lipinski definition) is 1. The van der Waals surface area contributed by atoms with Crippen molar-refractivity contribution in [3.8, 4) is 0 Å². The molecular weight excluding hydrogens is 350 g/mol. The molecule has 112 valence electrons. The third kappa shape index (κ3) is 3.96. The smallest absolute Gasteiger partial charge is 0.403 e. The van der Waals surface area contributed by atoms with Crippen LogP contribution >= 0.6 is 15.9 Å². The van der Waals surface area contributed by atoms with Crippen molar-refractivity contribution in [3.63, 3.8) is 0 Å². The monoisotopic (exact) mass is 373 g/mol. The molecule has 1 rings (SSSR count). The van der Waals surface area contributed by atoms with Crippen LogP contribution in [0.3, 0.4) is 0 Å². The minimum atomic E-state index is -1.96. The van der Waals surface area contributed by atoms with Gasteiger partial charge in [0.15, 0.2) is 8.24 Å². The molecule has 0 radical (unpaired) electrons. The van der Waals surface area contributed by atoms with Crippen LogP contribution in [0.25, 0.3) is 0 Å². The van der Waals surface area contributed by atoms with Crippen molar-refractivity contribution in [2.75, 3.05) is 4.57 Å². The van der Waals surface area contributed by atoms with Gasteiger partial charge in [0.2, 0.25) is 0 Å². The second-order valence-corrected chi connectivity index (χ2v) is 17.4. The Morgan fingerprint density at radius 1 is 1.20 bits per heavy atom. The van der Waals surface area contributed by atoms with Gasteiger partial charge >= 0.3 is 6.09 Å². The minimum Gasteiger partial charge on any atom is -0.465 e. The summed E-state index contributed by atoms with van der Waals surface area (Å²) in [6.07, 6.45) is -0.850. The summed E-state index contributed by atoms with van der Waals surface area (Å²) in [7, 11) is -3.47. The van der Waals surface area contributed by atoms with Gasteiger partial charge in [0.05, 0.1) is 8.07 Å². The minimum absolute atomic E-state index is 0.812. The maximum atomic E-state index is 11.6. The second-order valence-electron chi connectivity index (χ2n) is 7.01. The van der Waals surface area contributed by atoms with Gasteiger partial charge < -0.3 is 9.67 Å². The summed E-state index contributed by atoms with van der Waals surface area (Å²) in [4.78, 5) is 11.6. The Hall–Kier alpha value is -0.596. The van der Waals surface area contributed by atoms with E-state index in [9.17, 15) is 9.90 Å². The Morgan fingerprint density at radius 3 is 2.10 bits per heavy atom. The van der Waals surface area contributed by atoms with Crippen molar-refractivity contribution < 1.29 is 9.90 Å². The molecule has 0 saturated carbocycles. The molecule has 1 amide bonds. The lowest BCUT2D eigenvalue weighted by Gasteiger charge is -2.33. The highest BCUT2D eigenvalue weighted by Crippen LogP contribution is 2.24. The molecule has 1 aromatic rings. The van der Waals surface area contributed by atoms with Crippen molar-refractivity contribution in [1.82, 2.24) is 0 Å². The van der Waals surface area contributed by atoms with Crippen LogP contribution in [-0.4, -0.2) is 27.5 Å². The molecule has 0 atom stereocenters. The molecule has 0 aliphatic carbocycles. The number of nitrogens with zero attached hydrogens (tertiary/aromatic N) is 1. The summed E-state index contributed by atoms with van der Waals surface area (Å²) in [5.41, 5.74) is 2.09. The average molecular weight is 374 g/mol. The van der Waals surface area contributed by atoms with E-state index in [1.165, 1.54) is 10.8 Å². The first-order valence-corrected chi connectivity index (χ1v) is 14.8. The lowest BCUT2D eigenvalue weighted by Crippen LogP contribution is -2.50. The molecule has 1 aromatic carbocycles. The predicted octanol–water partition coefficient (Wildman–Crippen LogP) is 4.45. The molecule has 0 aromatic heterocycles. The Kier molecular flexibility index (Phi) is 5.26. The maximum absolute atomic E-state index is 11.6. The number of amides is 1. The summed E-state index contributed by atoms with van der Waals surface area (Å²) in [5.74, 6) is 0. The van der Waals surface area contributed by atoms with E-state index in [1.807, 2.05) is 25.7 Å². The van der Waals surface area contributed by atoms with Crippen molar-refractivity contribution in [2.45, 2.75) is 44.6 Å². The van der Waals surface area contributed by atoms with E-state index in [0.29, 0.717) is 0 Å². The number of halogens is 1. The number of alkyl halides is 1. The molecule has 0 heterocycles. The first-order valence-electron chi connectivity index (χ1n) is 6.71. The first-order chi connectivity index (χ1) is 8.98. The standard InChI is InChI=1S/C14H24BrNO2Si2/c1-19(2,3)13-9-12(8-7-11(13)10-15)16(14(17)18)20(4,5)6/h7-9H,10H2,1-6H3,(H,17,18). The normalized spacial score (nSPS) is 12.3. The van der Waals surface area contributed by atoms with Crippen LogP contribution in [0.2, 0.25) is 39.3 Å². The first kappa shape index (κ1) is 17.5. The van der Waals surface area contributed by atoms with E-state index >= 15 is 0 Å². The zero-order valence-electron chi connectivity index (χ0n) is 13.1. The zero-order chi connectivity index (χ0) is 15.7. The highest BCUT2D eigenvalue weighted by molar-refractivity contribution is 9.08. The van der Waals surface area contributed by atoms with E-state index in [0.717, 1.165) is 11.0 Å². The summed E-state index contributed by atoms with van der Waals surface area (Å²) in [5, 5.41) is 11.7. The molecule has 0 unspecified atom stereocenters. The van der Waals surface area contributed by atoms with Crippen LogP contribution in [0.4, 0.5) is 10.5 Å². The number of anilines is 1. The van der Waals surface area contributed by atoms with Crippen LogP contribution in [0, 0.1) is 0 Å². The van der Waals surface area contributed by atoms with Gasteiger partial charge in [-0.1, -0.05) is 66.5 Å². The third-order valence-electron chi connectivity index (χ3n) is 3.17. The largest absolute Gasteiger partial charge is 0.465 e. The molecule has 20 heavy (non-hydrogen) atoms. The van der Waals surface area contributed by atoms with E-state index in [1.54, 1.807) is 4.57 Å². The Bertz CT molecular complexity index is 507. The maximum Gasteiger partial charge on any atom is 0.403 e. The van der Waals surface area contributed by atoms with Crippen LogP contribution < -0.4 is 9.75 Å². The topological polar surface area (TPSA) is 40.5 Å². The van der Waals surface area contributed by atoms with Crippen LogP contribution in [0.15, 0.2) is 18.2 Å².